The van der Waals surface area contributed by atoms with Crippen molar-refractivity contribution >= 4 is 33.8 Å². The second kappa shape index (κ2) is 8.75. The summed E-state index contributed by atoms with van der Waals surface area (Å²) in [6.45, 7) is 1.70. The molecule has 2 aromatic carbocycles. The van der Waals surface area contributed by atoms with Crippen molar-refractivity contribution in [3.05, 3.63) is 70.2 Å². The smallest absolute Gasteiger partial charge is 0.243 e. The second-order valence-corrected chi connectivity index (χ2v) is 9.74. The van der Waals surface area contributed by atoms with Gasteiger partial charge in [-0.1, -0.05) is 17.7 Å². The first-order valence-electron chi connectivity index (χ1n) is 9.34. The lowest BCUT2D eigenvalue weighted by Gasteiger charge is -2.33. The van der Waals surface area contributed by atoms with E-state index in [4.69, 9.17) is 23.8 Å². The van der Waals surface area contributed by atoms with Crippen LogP contribution < -0.4 is 0 Å². The number of rotatable bonds is 5. The quantitative estimate of drug-likeness (QED) is 0.519. The molecule has 2 heterocycles. The molecule has 0 N–H and O–H groups in total. The van der Waals surface area contributed by atoms with Crippen molar-refractivity contribution in [2.45, 2.75) is 11.6 Å². The maximum absolute atomic E-state index is 13.5. The van der Waals surface area contributed by atoms with Gasteiger partial charge in [0.2, 0.25) is 14.8 Å². The molecule has 0 atom stereocenters. The van der Waals surface area contributed by atoms with E-state index in [0.717, 1.165) is 17.8 Å². The molecule has 1 saturated heterocycles. The monoisotopic (exact) mass is 485 g/mol. The van der Waals surface area contributed by atoms with Crippen molar-refractivity contribution in [1.82, 2.24) is 23.6 Å². The topological polar surface area (TPSA) is 63.4 Å². The SMILES string of the molecule is O=S(=O)(c1ccc(F)c(F)c1)N1CCN(Cn2ncn(-c3cccc(Cl)c3)c2=S)CC1. The van der Waals surface area contributed by atoms with Crippen molar-refractivity contribution in [2.75, 3.05) is 26.2 Å². The molecule has 7 nitrogen and oxygen atoms in total. The summed E-state index contributed by atoms with van der Waals surface area (Å²) >= 11 is 11.6. The van der Waals surface area contributed by atoms with Gasteiger partial charge in [0.25, 0.3) is 0 Å². The highest BCUT2D eigenvalue weighted by Crippen LogP contribution is 2.20. The fourth-order valence-corrected chi connectivity index (χ4v) is 5.20. The lowest BCUT2D eigenvalue weighted by molar-refractivity contribution is 0.144. The van der Waals surface area contributed by atoms with Crippen molar-refractivity contribution in [1.29, 1.82) is 0 Å². The van der Waals surface area contributed by atoms with Gasteiger partial charge in [0.1, 0.15) is 6.33 Å². The van der Waals surface area contributed by atoms with Gasteiger partial charge in [-0.3, -0.25) is 9.47 Å². The van der Waals surface area contributed by atoms with Crippen molar-refractivity contribution in [3.63, 3.8) is 0 Å². The molecule has 0 amide bonds. The molecular formula is C19H18ClF2N5O2S2. The van der Waals surface area contributed by atoms with E-state index in [0.29, 0.717) is 35.6 Å². The Morgan fingerprint density at radius 3 is 2.45 bits per heavy atom. The van der Waals surface area contributed by atoms with E-state index in [1.165, 1.54) is 4.31 Å². The van der Waals surface area contributed by atoms with Crippen LogP contribution in [0.1, 0.15) is 0 Å². The first-order chi connectivity index (χ1) is 14.8. The third-order valence-electron chi connectivity index (χ3n) is 5.01. The zero-order valence-corrected chi connectivity index (χ0v) is 18.5. The Labute approximate surface area is 188 Å². The van der Waals surface area contributed by atoms with E-state index in [-0.39, 0.29) is 18.0 Å². The van der Waals surface area contributed by atoms with E-state index in [9.17, 15) is 17.2 Å². The summed E-state index contributed by atoms with van der Waals surface area (Å²) in [4.78, 5) is 1.75. The Bertz CT molecular complexity index is 1270. The summed E-state index contributed by atoms with van der Waals surface area (Å²) in [5, 5.41) is 4.92. The van der Waals surface area contributed by atoms with Gasteiger partial charge < -0.3 is 0 Å². The molecule has 0 radical (unpaired) electrons. The fraction of sp³-hybridized carbons (Fsp3) is 0.263. The molecule has 1 fully saturated rings. The van der Waals surface area contributed by atoms with Gasteiger partial charge in [-0.05, 0) is 48.6 Å². The maximum atomic E-state index is 13.5. The third kappa shape index (κ3) is 4.55. The Morgan fingerprint density at radius 2 is 1.77 bits per heavy atom. The van der Waals surface area contributed by atoms with E-state index < -0.39 is 21.7 Å². The van der Waals surface area contributed by atoms with Crippen LogP contribution in [0.25, 0.3) is 5.69 Å². The second-order valence-electron chi connectivity index (χ2n) is 7.00. The van der Waals surface area contributed by atoms with Crippen LogP contribution in [-0.4, -0.2) is 58.1 Å². The molecule has 1 aromatic heterocycles. The largest absolute Gasteiger partial charge is 0.282 e. The Balaban J connectivity index is 1.43. The molecular weight excluding hydrogens is 468 g/mol. The van der Waals surface area contributed by atoms with E-state index >= 15 is 0 Å². The third-order valence-corrected chi connectivity index (χ3v) is 7.55. The molecule has 0 unspecified atom stereocenters. The van der Waals surface area contributed by atoms with Crippen LogP contribution in [-0.2, 0) is 16.7 Å². The van der Waals surface area contributed by atoms with Gasteiger partial charge >= 0.3 is 0 Å². The van der Waals surface area contributed by atoms with Gasteiger partial charge in [0, 0.05) is 31.2 Å². The summed E-state index contributed by atoms with van der Waals surface area (Å²) in [5.74, 6) is -2.28. The number of hydrogen-bond acceptors (Lipinski definition) is 5. The van der Waals surface area contributed by atoms with E-state index in [1.807, 2.05) is 17.0 Å². The van der Waals surface area contributed by atoms with Gasteiger partial charge in [-0.25, -0.2) is 21.9 Å². The van der Waals surface area contributed by atoms with Crippen LogP contribution in [0.15, 0.2) is 53.7 Å². The molecule has 0 aliphatic carbocycles. The van der Waals surface area contributed by atoms with Gasteiger partial charge in [0.05, 0.1) is 17.3 Å². The average molecular weight is 486 g/mol. The molecule has 0 bridgehead atoms. The minimum Gasteiger partial charge on any atom is -0.282 e. The molecule has 1 aliphatic rings. The van der Waals surface area contributed by atoms with Crippen LogP contribution in [0.5, 0.6) is 0 Å². The van der Waals surface area contributed by atoms with Crippen molar-refractivity contribution in [3.8, 4) is 5.69 Å². The van der Waals surface area contributed by atoms with Crippen LogP contribution in [0.3, 0.4) is 0 Å². The highest BCUT2D eigenvalue weighted by Gasteiger charge is 2.29. The van der Waals surface area contributed by atoms with Crippen LogP contribution in [0, 0.1) is 16.4 Å². The van der Waals surface area contributed by atoms with Crippen molar-refractivity contribution in [2.24, 2.45) is 0 Å². The average Bonchev–Trinajstić information content (AvgIpc) is 3.10. The maximum Gasteiger partial charge on any atom is 0.243 e. The lowest BCUT2D eigenvalue weighted by Crippen LogP contribution is -2.48. The first-order valence-corrected chi connectivity index (χ1v) is 11.6. The zero-order valence-electron chi connectivity index (χ0n) is 16.2. The number of benzene rings is 2. The number of hydrogen-bond donors (Lipinski definition) is 0. The lowest BCUT2D eigenvalue weighted by atomic mass is 10.3. The molecule has 164 valence electrons. The zero-order chi connectivity index (χ0) is 22.2. The van der Waals surface area contributed by atoms with E-state index in [2.05, 4.69) is 5.10 Å². The summed E-state index contributed by atoms with van der Waals surface area (Å²) in [7, 11) is -3.90. The summed E-state index contributed by atoms with van der Waals surface area (Å²) in [6.07, 6.45) is 1.61. The number of halogens is 3. The Kier molecular flexibility index (Phi) is 6.22. The highest BCUT2D eigenvalue weighted by atomic mass is 35.5. The van der Waals surface area contributed by atoms with Crippen molar-refractivity contribution < 1.29 is 17.2 Å². The standard InChI is InChI=1S/C19H18ClF2N5O2S2/c20-14-2-1-3-15(10-14)26-12-23-27(19(26)30)13-24-6-8-25(9-7-24)31(28,29)16-4-5-17(21)18(22)11-16/h1-5,10-12H,6-9,13H2. The molecule has 1 aliphatic heterocycles. The van der Waals surface area contributed by atoms with Gasteiger partial charge in [-0.2, -0.15) is 9.40 Å². The molecule has 31 heavy (non-hydrogen) atoms. The van der Waals surface area contributed by atoms with Crippen LogP contribution >= 0.6 is 23.8 Å². The minimum atomic E-state index is -3.90. The number of aromatic nitrogens is 3. The molecule has 4 rings (SSSR count). The highest BCUT2D eigenvalue weighted by molar-refractivity contribution is 7.89. The predicted octanol–water partition coefficient (Wildman–Crippen LogP) is 3.30. The van der Waals surface area contributed by atoms with Crippen LogP contribution in [0.4, 0.5) is 8.78 Å². The number of piperazine rings is 1. The minimum absolute atomic E-state index is 0.212. The Hall–Kier alpha value is -2.18. The molecule has 12 heteroatoms. The van der Waals surface area contributed by atoms with E-state index in [1.54, 1.807) is 27.7 Å². The predicted molar refractivity (Wildman–Crippen MR) is 114 cm³/mol. The van der Waals surface area contributed by atoms with Gasteiger partial charge in [-0.15, -0.1) is 0 Å². The molecule has 0 saturated carbocycles. The van der Waals surface area contributed by atoms with Crippen LogP contribution in [0.2, 0.25) is 5.02 Å². The normalized spacial score (nSPS) is 16.0. The Morgan fingerprint density at radius 1 is 1.03 bits per heavy atom. The molecule has 3 aromatic rings. The number of nitrogens with zero attached hydrogens (tertiary/aromatic N) is 5. The fourth-order valence-electron chi connectivity index (χ4n) is 3.32. The van der Waals surface area contributed by atoms with Gasteiger partial charge in [0.15, 0.2) is 11.6 Å². The first kappa shape index (κ1) is 22.0. The summed E-state index contributed by atoms with van der Waals surface area (Å²) in [5.41, 5.74) is 0.797. The molecule has 0 spiro atoms. The summed E-state index contributed by atoms with van der Waals surface area (Å²) < 4.78 is 57.2. The summed E-state index contributed by atoms with van der Waals surface area (Å²) in [6, 6.07) is 9.84. The number of sulfonamides is 1.